The van der Waals surface area contributed by atoms with Crippen molar-refractivity contribution in [2.45, 2.75) is 19.4 Å². The number of hydrazine groups is 1. The van der Waals surface area contributed by atoms with Crippen molar-refractivity contribution in [2.24, 2.45) is 11.6 Å². The Bertz CT molecular complexity index is 474. The second-order valence-corrected chi connectivity index (χ2v) is 4.38. The highest BCUT2D eigenvalue weighted by molar-refractivity contribution is 5.76. The van der Waals surface area contributed by atoms with Crippen molar-refractivity contribution in [1.82, 2.24) is 5.01 Å². The molecule has 18 heavy (non-hydrogen) atoms. The Hall–Kier alpha value is -1.79. The van der Waals surface area contributed by atoms with Gasteiger partial charge in [-0.25, -0.2) is 5.84 Å². The first-order chi connectivity index (χ1) is 8.49. The van der Waals surface area contributed by atoms with Crippen LogP contribution in [0.4, 0.5) is 0 Å². The lowest BCUT2D eigenvalue weighted by molar-refractivity contribution is -0.130. The average Bonchev–Trinajstić information content (AvgIpc) is 2.74. The van der Waals surface area contributed by atoms with Crippen LogP contribution in [0.25, 0.3) is 0 Å². The van der Waals surface area contributed by atoms with Crippen LogP contribution in [-0.4, -0.2) is 24.8 Å². The van der Waals surface area contributed by atoms with Gasteiger partial charge in [0, 0.05) is 19.5 Å². The molecule has 0 fully saturated rings. The van der Waals surface area contributed by atoms with E-state index in [1.54, 1.807) is 0 Å². The topological polar surface area (TPSA) is 90.8 Å². The smallest absolute Gasteiger partial charge is 0.238 e. The third-order valence-electron chi connectivity index (χ3n) is 2.95. The number of aryl methyl sites for hydroxylation is 1. The molecule has 1 aliphatic rings. The number of amides is 1. The maximum absolute atomic E-state index is 11.5. The highest BCUT2D eigenvalue weighted by Crippen LogP contribution is 2.36. The fourth-order valence-electron chi connectivity index (χ4n) is 1.90. The van der Waals surface area contributed by atoms with E-state index in [1.807, 2.05) is 19.1 Å². The highest BCUT2D eigenvalue weighted by atomic mass is 16.7. The summed E-state index contributed by atoms with van der Waals surface area (Å²) >= 11 is 0. The summed E-state index contributed by atoms with van der Waals surface area (Å²) < 4.78 is 10.6. The molecule has 1 aromatic carbocycles. The Balaban J connectivity index is 2.20. The zero-order valence-electron chi connectivity index (χ0n) is 10.5. The molecule has 1 unspecified atom stereocenters. The van der Waals surface area contributed by atoms with E-state index in [9.17, 15) is 4.79 Å². The van der Waals surface area contributed by atoms with Gasteiger partial charge in [0.1, 0.15) is 0 Å². The minimum atomic E-state index is -0.405. The molecule has 0 radical (unpaired) electrons. The van der Waals surface area contributed by atoms with Gasteiger partial charge in [0.2, 0.25) is 12.7 Å². The van der Waals surface area contributed by atoms with Gasteiger partial charge < -0.3 is 15.2 Å². The van der Waals surface area contributed by atoms with Gasteiger partial charge in [0.15, 0.2) is 11.5 Å². The maximum Gasteiger partial charge on any atom is 0.238 e. The van der Waals surface area contributed by atoms with Crippen LogP contribution in [0.2, 0.25) is 0 Å². The molecule has 0 bridgehead atoms. The summed E-state index contributed by atoms with van der Waals surface area (Å²) in [5, 5.41) is 1.04. The van der Waals surface area contributed by atoms with E-state index >= 15 is 0 Å². The van der Waals surface area contributed by atoms with Crippen LogP contribution < -0.4 is 21.1 Å². The minimum absolute atomic E-state index is 0.160. The third kappa shape index (κ3) is 2.39. The number of nitrogens with two attached hydrogens (primary N) is 2. The first-order valence-electron chi connectivity index (χ1n) is 5.66. The quantitative estimate of drug-likeness (QED) is 0.462. The number of hydrogen-bond acceptors (Lipinski definition) is 5. The Morgan fingerprint density at radius 1 is 1.44 bits per heavy atom. The molecule has 0 aromatic heterocycles. The largest absolute Gasteiger partial charge is 0.454 e. The van der Waals surface area contributed by atoms with Gasteiger partial charge in [-0.1, -0.05) is 0 Å². The summed E-state index contributed by atoms with van der Waals surface area (Å²) in [6.07, 6.45) is 0.160. The molecule has 1 heterocycles. The Labute approximate surface area is 105 Å². The Morgan fingerprint density at radius 3 is 2.67 bits per heavy atom. The zero-order chi connectivity index (χ0) is 13.3. The number of hydrogen-bond donors (Lipinski definition) is 2. The van der Waals surface area contributed by atoms with E-state index in [-0.39, 0.29) is 19.1 Å². The molecule has 6 nitrogen and oxygen atoms in total. The molecule has 0 saturated carbocycles. The van der Waals surface area contributed by atoms with Gasteiger partial charge in [0.25, 0.3) is 0 Å². The Kier molecular flexibility index (Phi) is 3.40. The maximum atomic E-state index is 11.5. The molecule has 6 heteroatoms. The second-order valence-electron chi connectivity index (χ2n) is 4.38. The van der Waals surface area contributed by atoms with Crippen LogP contribution in [0.15, 0.2) is 12.1 Å². The van der Waals surface area contributed by atoms with Crippen LogP contribution in [0.5, 0.6) is 11.5 Å². The first kappa shape index (κ1) is 12.7. The van der Waals surface area contributed by atoms with Gasteiger partial charge >= 0.3 is 0 Å². The van der Waals surface area contributed by atoms with E-state index in [1.165, 1.54) is 7.05 Å². The standard InChI is InChI=1S/C12H17N3O3/c1-7-3-10-11(18-6-17-10)4-8(7)9(13)5-12(16)15(2)14/h3-4,9H,5-6,13-14H2,1-2H3. The van der Waals surface area contributed by atoms with Crippen molar-refractivity contribution < 1.29 is 14.3 Å². The van der Waals surface area contributed by atoms with Crippen molar-refractivity contribution >= 4 is 5.91 Å². The van der Waals surface area contributed by atoms with Crippen molar-refractivity contribution in [3.05, 3.63) is 23.3 Å². The van der Waals surface area contributed by atoms with Crippen LogP contribution in [0, 0.1) is 6.92 Å². The summed E-state index contributed by atoms with van der Waals surface area (Å²) in [7, 11) is 1.50. The van der Waals surface area contributed by atoms with Crippen LogP contribution in [0.3, 0.4) is 0 Å². The highest BCUT2D eigenvalue weighted by Gasteiger charge is 2.20. The number of carbonyl (C=O) groups excluding carboxylic acids is 1. The number of ether oxygens (including phenoxy) is 2. The van der Waals surface area contributed by atoms with Crippen molar-refractivity contribution in [2.75, 3.05) is 13.8 Å². The van der Waals surface area contributed by atoms with Gasteiger partial charge in [-0.2, -0.15) is 0 Å². The lowest BCUT2D eigenvalue weighted by Gasteiger charge is -2.17. The molecule has 1 amide bonds. The van der Waals surface area contributed by atoms with Crippen LogP contribution in [0.1, 0.15) is 23.6 Å². The zero-order valence-corrected chi connectivity index (χ0v) is 10.5. The predicted octanol–water partition coefficient (Wildman–Crippen LogP) is 0.446. The summed E-state index contributed by atoms with van der Waals surface area (Å²) in [5.74, 6) is 6.55. The summed E-state index contributed by atoms with van der Waals surface area (Å²) in [6, 6.07) is 3.29. The molecule has 2 rings (SSSR count). The summed E-state index contributed by atoms with van der Waals surface area (Å²) in [6.45, 7) is 2.14. The molecule has 1 aromatic rings. The Morgan fingerprint density at radius 2 is 2.06 bits per heavy atom. The van der Waals surface area contributed by atoms with Gasteiger partial charge in [-0.15, -0.1) is 0 Å². The van der Waals surface area contributed by atoms with E-state index in [0.717, 1.165) is 16.1 Å². The van der Waals surface area contributed by atoms with Crippen LogP contribution in [-0.2, 0) is 4.79 Å². The number of benzene rings is 1. The van der Waals surface area contributed by atoms with E-state index in [0.29, 0.717) is 11.5 Å². The molecule has 0 spiro atoms. The molecule has 0 aliphatic carbocycles. The predicted molar refractivity (Wildman–Crippen MR) is 65.8 cm³/mol. The lowest BCUT2D eigenvalue weighted by atomic mass is 9.98. The van der Waals surface area contributed by atoms with Crippen molar-refractivity contribution in [3.8, 4) is 11.5 Å². The number of rotatable bonds is 3. The van der Waals surface area contributed by atoms with Gasteiger partial charge in [-0.05, 0) is 30.2 Å². The normalized spacial score (nSPS) is 14.4. The number of nitrogens with zero attached hydrogens (tertiary/aromatic N) is 1. The average molecular weight is 251 g/mol. The van der Waals surface area contributed by atoms with Gasteiger partial charge in [0.05, 0.1) is 0 Å². The summed E-state index contributed by atoms with van der Waals surface area (Å²) in [5.41, 5.74) is 7.87. The number of carbonyl (C=O) groups is 1. The van der Waals surface area contributed by atoms with Gasteiger partial charge in [-0.3, -0.25) is 9.80 Å². The molecule has 1 atom stereocenters. The monoisotopic (exact) mass is 251 g/mol. The molecule has 0 saturated heterocycles. The fraction of sp³-hybridized carbons (Fsp3) is 0.417. The lowest BCUT2D eigenvalue weighted by Crippen LogP contribution is -2.35. The van der Waals surface area contributed by atoms with E-state index in [4.69, 9.17) is 21.1 Å². The minimum Gasteiger partial charge on any atom is -0.454 e. The van der Waals surface area contributed by atoms with E-state index in [2.05, 4.69) is 0 Å². The van der Waals surface area contributed by atoms with Crippen molar-refractivity contribution in [3.63, 3.8) is 0 Å². The molecule has 1 aliphatic heterocycles. The van der Waals surface area contributed by atoms with E-state index < -0.39 is 6.04 Å². The molecular weight excluding hydrogens is 234 g/mol. The summed E-state index contributed by atoms with van der Waals surface area (Å²) in [4.78, 5) is 11.5. The second kappa shape index (κ2) is 4.83. The molecule has 98 valence electrons. The molecular formula is C12H17N3O3. The van der Waals surface area contributed by atoms with Crippen molar-refractivity contribution in [1.29, 1.82) is 0 Å². The number of fused-ring (bicyclic) bond motifs is 1. The molecule has 4 N–H and O–H groups in total. The fourth-order valence-corrected chi connectivity index (χ4v) is 1.90. The third-order valence-corrected chi connectivity index (χ3v) is 2.95. The SMILES string of the molecule is Cc1cc2c(cc1C(N)CC(=O)N(C)N)OCO2. The first-order valence-corrected chi connectivity index (χ1v) is 5.66. The van der Waals surface area contributed by atoms with Crippen LogP contribution >= 0.6 is 0 Å².